The molecule has 1 rings (SSSR count). The summed E-state index contributed by atoms with van der Waals surface area (Å²) >= 11 is 5.91. The first kappa shape index (κ1) is 16.5. The predicted octanol–water partition coefficient (Wildman–Crippen LogP) is 2.71. The second-order valence-corrected chi connectivity index (χ2v) is 7.67. The summed E-state index contributed by atoms with van der Waals surface area (Å²) < 4.78 is 22.8. The van der Waals surface area contributed by atoms with E-state index >= 15 is 0 Å². The number of hydrogen-bond donors (Lipinski definition) is 1. The Balaban J connectivity index is 2.46. The van der Waals surface area contributed by atoms with E-state index in [1.54, 1.807) is 6.92 Å². The molecule has 1 atom stereocenters. The van der Waals surface area contributed by atoms with Crippen molar-refractivity contribution in [3.05, 3.63) is 34.9 Å². The number of sulfone groups is 1. The molecule has 19 heavy (non-hydrogen) atoms. The second kappa shape index (κ2) is 7.88. The predicted molar refractivity (Wildman–Crippen MR) is 79.3 cm³/mol. The number of rotatable bonds is 8. The first-order chi connectivity index (χ1) is 8.96. The molecule has 0 bridgehead atoms. The van der Waals surface area contributed by atoms with Gasteiger partial charge in [-0.15, -0.1) is 0 Å². The molecule has 1 aromatic rings. The molecule has 0 aliphatic rings. The van der Waals surface area contributed by atoms with E-state index in [0.29, 0.717) is 17.9 Å². The van der Waals surface area contributed by atoms with Gasteiger partial charge in [-0.05, 0) is 42.9 Å². The van der Waals surface area contributed by atoms with Gasteiger partial charge in [0.25, 0.3) is 0 Å². The Bertz CT molecular complexity index is 485. The van der Waals surface area contributed by atoms with Crippen molar-refractivity contribution < 1.29 is 13.5 Å². The average molecular weight is 305 g/mol. The smallest absolute Gasteiger partial charge is 0.150 e. The van der Waals surface area contributed by atoms with Crippen molar-refractivity contribution in [1.82, 2.24) is 0 Å². The third-order valence-corrected chi connectivity index (χ3v) is 5.20. The van der Waals surface area contributed by atoms with E-state index in [9.17, 15) is 13.5 Å². The zero-order valence-corrected chi connectivity index (χ0v) is 12.8. The quantitative estimate of drug-likeness (QED) is 0.803. The van der Waals surface area contributed by atoms with Gasteiger partial charge in [-0.25, -0.2) is 8.42 Å². The Morgan fingerprint density at radius 3 is 2.68 bits per heavy atom. The van der Waals surface area contributed by atoms with Crippen LogP contribution in [0, 0.1) is 5.92 Å². The van der Waals surface area contributed by atoms with Crippen molar-refractivity contribution in [2.45, 2.75) is 26.2 Å². The van der Waals surface area contributed by atoms with Crippen LogP contribution >= 0.6 is 11.6 Å². The molecular formula is C14H21ClO3S. The number of halogens is 1. The van der Waals surface area contributed by atoms with E-state index in [-0.39, 0.29) is 24.0 Å². The molecule has 108 valence electrons. The van der Waals surface area contributed by atoms with E-state index < -0.39 is 9.84 Å². The highest BCUT2D eigenvalue weighted by Gasteiger charge is 2.12. The molecule has 0 saturated carbocycles. The van der Waals surface area contributed by atoms with Gasteiger partial charge in [0.1, 0.15) is 9.84 Å². The maximum atomic E-state index is 11.4. The van der Waals surface area contributed by atoms with E-state index in [4.69, 9.17) is 11.6 Å². The minimum atomic E-state index is -2.91. The average Bonchev–Trinajstić information content (AvgIpc) is 2.37. The summed E-state index contributed by atoms with van der Waals surface area (Å²) in [7, 11) is -2.91. The highest BCUT2D eigenvalue weighted by Crippen LogP contribution is 2.17. The van der Waals surface area contributed by atoms with Crippen LogP contribution in [0.2, 0.25) is 5.02 Å². The Kier molecular flexibility index (Phi) is 6.83. The van der Waals surface area contributed by atoms with Gasteiger partial charge in [-0.1, -0.05) is 30.7 Å². The van der Waals surface area contributed by atoms with Crippen LogP contribution in [0.3, 0.4) is 0 Å². The van der Waals surface area contributed by atoms with Crippen LogP contribution in [-0.2, 0) is 16.3 Å². The lowest BCUT2D eigenvalue weighted by Gasteiger charge is -2.14. The first-order valence-corrected chi connectivity index (χ1v) is 8.72. The third-order valence-electron chi connectivity index (χ3n) is 3.18. The molecule has 0 spiro atoms. The third kappa shape index (κ3) is 6.41. The van der Waals surface area contributed by atoms with Crippen molar-refractivity contribution in [3.8, 4) is 0 Å². The zero-order chi connectivity index (χ0) is 14.3. The molecule has 0 saturated heterocycles. The molecule has 1 N–H and O–H groups in total. The summed E-state index contributed by atoms with van der Waals surface area (Å²) in [6.07, 6.45) is 2.04. The van der Waals surface area contributed by atoms with Crippen molar-refractivity contribution in [3.63, 3.8) is 0 Å². The number of aliphatic hydroxyl groups excluding tert-OH is 1. The molecule has 0 radical (unpaired) electrons. The molecule has 1 unspecified atom stereocenters. The lowest BCUT2D eigenvalue weighted by atomic mass is 9.96. The maximum absolute atomic E-state index is 11.4. The van der Waals surface area contributed by atoms with Crippen molar-refractivity contribution in [2.24, 2.45) is 5.92 Å². The molecule has 0 heterocycles. The summed E-state index contributed by atoms with van der Waals surface area (Å²) in [6.45, 7) is 1.73. The van der Waals surface area contributed by atoms with E-state index in [2.05, 4.69) is 0 Å². The highest BCUT2D eigenvalue weighted by atomic mass is 35.5. The second-order valence-electron chi connectivity index (χ2n) is 4.76. The van der Waals surface area contributed by atoms with Crippen LogP contribution in [-0.4, -0.2) is 31.6 Å². The summed E-state index contributed by atoms with van der Waals surface area (Å²) in [5, 5.41) is 10.0. The lowest BCUT2D eigenvalue weighted by Crippen LogP contribution is -2.14. The summed E-state index contributed by atoms with van der Waals surface area (Å²) in [5.41, 5.74) is 1.07. The Morgan fingerprint density at radius 2 is 2.11 bits per heavy atom. The zero-order valence-electron chi connectivity index (χ0n) is 11.2. The Hall–Kier alpha value is -0.580. The molecule has 5 heteroatoms. The molecule has 0 fully saturated rings. The first-order valence-electron chi connectivity index (χ1n) is 6.52. The largest absolute Gasteiger partial charge is 0.396 e. The van der Waals surface area contributed by atoms with E-state index in [1.165, 1.54) is 0 Å². The van der Waals surface area contributed by atoms with E-state index in [1.807, 2.05) is 24.3 Å². The number of benzene rings is 1. The molecule has 3 nitrogen and oxygen atoms in total. The van der Waals surface area contributed by atoms with Gasteiger partial charge < -0.3 is 5.11 Å². The fourth-order valence-electron chi connectivity index (χ4n) is 1.99. The van der Waals surface area contributed by atoms with Crippen LogP contribution in [0.5, 0.6) is 0 Å². The van der Waals surface area contributed by atoms with Gasteiger partial charge >= 0.3 is 0 Å². The minimum Gasteiger partial charge on any atom is -0.396 e. The van der Waals surface area contributed by atoms with Gasteiger partial charge in [0.15, 0.2) is 0 Å². The van der Waals surface area contributed by atoms with Gasteiger partial charge in [0.05, 0.1) is 5.75 Å². The number of aliphatic hydroxyl groups is 1. The Morgan fingerprint density at radius 1 is 1.37 bits per heavy atom. The minimum absolute atomic E-state index is 0.0681. The summed E-state index contributed by atoms with van der Waals surface area (Å²) in [5.74, 6) is 0.478. The molecule has 1 aromatic carbocycles. The van der Waals surface area contributed by atoms with Crippen molar-refractivity contribution in [1.29, 1.82) is 0 Å². The topological polar surface area (TPSA) is 54.4 Å². The number of hydrogen-bond acceptors (Lipinski definition) is 3. The van der Waals surface area contributed by atoms with Gasteiger partial charge in [0, 0.05) is 17.4 Å². The van der Waals surface area contributed by atoms with Gasteiger partial charge in [0.2, 0.25) is 0 Å². The van der Waals surface area contributed by atoms with Gasteiger partial charge in [-0.2, -0.15) is 0 Å². The molecule has 0 amide bonds. The standard InChI is InChI=1S/C14H21ClO3S/c1-2-19(17,18)8-4-6-13(11-16)9-12-5-3-7-14(15)10-12/h3,5,7,10,13,16H,2,4,6,8-9,11H2,1H3. The van der Waals surface area contributed by atoms with Crippen LogP contribution in [0.25, 0.3) is 0 Å². The summed E-state index contributed by atoms with van der Waals surface area (Å²) in [6, 6.07) is 7.55. The van der Waals surface area contributed by atoms with Gasteiger partial charge in [-0.3, -0.25) is 0 Å². The fraction of sp³-hybridized carbons (Fsp3) is 0.571. The van der Waals surface area contributed by atoms with Crippen LogP contribution in [0.15, 0.2) is 24.3 Å². The van der Waals surface area contributed by atoms with Crippen molar-refractivity contribution in [2.75, 3.05) is 18.1 Å². The summed E-state index contributed by atoms with van der Waals surface area (Å²) in [4.78, 5) is 0. The van der Waals surface area contributed by atoms with Crippen LogP contribution < -0.4 is 0 Å². The monoisotopic (exact) mass is 304 g/mol. The highest BCUT2D eigenvalue weighted by molar-refractivity contribution is 7.91. The molecule has 0 aliphatic heterocycles. The van der Waals surface area contributed by atoms with Crippen molar-refractivity contribution >= 4 is 21.4 Å². The lowest BCUT2D eigenvalue weighted by molar-refractivity contribution is 0.217. The molecule has 0 aromatic heterocycles. The molecule has 0 aliphatic carbocycles. The van der Waals surface area contributed by atoms with E-state index in [0.717, 1.165) is 12.0 Å². The molecular weight excluding hydrogens is 284 g/mol. The SMILES string of the molecule is CCS(=O)(=O)CCCC(CO)Cc1cccc(Cl)c1. The van der Waals surface area contributed by atoms with Crippen LogP contribution in [0.4, 0.5) is 0 Å². The Labute approximate surface area is 120 Å². The normalized spacial score (nSPS) is 13.4. The fourth-order valence-corrected chi connectivity index (χ4v) is 3.10. The van der Waals surface area contributed by atoms with Crippen LogP contribution in [0.1, 0.15) is 25.3 Å². The maximum Gasteiger partial charge on any atom is 0.150 e.